The molecule has 2 heterocycles. The van der Waals surface area contributed by atoms with Gasteiger partial charge in [-0.2, -0.15) is 5.26 Å². The maximum Gasteiger partial charge on any atom is 0.137 e. The number of nitriles is 1. The van der Waals surface area contributed by atoms with Crippen molar-refractivity contribution in [3.8, 4) is 6.07 Å². The normalized spacial score (nSPS) is 19.0. The highest BCUT2D eigenvalue weighted by Crippen LogP contribution is 2.32. The van der Waals surface area contributed by atoms with Crippen molar-refractivity contribution in [1.82, 2.24) is 14.5 Å². The lowest BCUT2D eigenvalue weighted by Crippen LogP contribution is -2.41. The Bertz CT molecular complexity index is 509. The van der Waals surface area contributed by atoms with Crippen molar-refractivity contribution in [1.29, 1.82) is 5.26 Å². The molecule has 1 N–H and O–H groups in total. The fourth-order valence-electron chi connectivity index (χ4n) is 3.38. The molecule has 1 fully saturated rings. The van der Waals surface area contributed by atoms with Crippen molar-refractivity contribution in [2.75, 3.05) is 19.6 Å². The van der Waals surface area contributed by atoms with E-state index >= 15 is 0 Å². The number of nitrogens with zero attached hydrogens (tertiary/aromatic N) is 4. The first-order valence-corrected chi connectivity index (χ1v) is 8.17. The molecule has 122 valence electrons. The molecule has 1 unspecified atom stereocenters. The third-order valence-corrected chi connectivity index (χ3v) is 4.77. The maximum atomic E-state index is 10.5. The van der Waals surface area contributed by atoms with Crippen molar-refractivity contribution in [3.63, 3.8) is 0 Å². The minimum Gasteiger partial charge on any atom is -0.385 e. The van der Waals surface area contributed by atoms with E-state index in [9.17, 15) is 5.11 Å². The number of imidazole rings is 1. The van der Waals surface area contributed by atoms with Gasteiger partial charge in [0, 0.05) is 32.4 Å². The molecule has 1 atom stereocenters. The van der Waals surface area contributed by atoms with E-state index in [1.807, 2.05) is 17.8 Å². The van der Waals surface area contributed by atoms with Crippen LogP contribution in [0.15, 0.2) is 12.4 Å². The summed E-state index contributed by atoms with van der Waals surface area (Å²) in [5.74, 6) is 1.06. The maximum absolute atomic E-state index is 10.5. The zero-order valence-corrected chi connectivity index (χ0v) is 14.0. The number of likely N-dealkylation sites (tertiary alicyclic amines) is 1. The molecule has 22 heavy (non-hydrogen) atoms. The van der Waals surface area contributed by atoms with E-state index in [4.69, 9.17) is 5.26 Å². The van der Waals surface area contributed by atoms with E-state index < -0.39 is 6.10 Å². The highest BCUT2D eigenvalue weighted by atomic mass is 16.3. The third kappa shape index (κ3) is 4.31. The zero-order valence-electron chi connectivity index (χ0n) is 14.0. The number of hydrogen-bond acceptors (Lipinski definition) is 4. The molecule has 1 aliphatic heterocycles. The molecule has 5 heteroatoms. The van der Waals surface area contributed by atoms with Gasteiger partial charge in [-0.3, -0.25) is 0 Å². The molecule has 1 aromatic heterocycles. The molecule has 0 aromatic carbocycles. The first kappa shape index (κ1) is 17.0. The van der Waals surface area contributed by atoms with E-state index in [0.29, 0.717) is 12.3 Å². The Balaban J connectivity index is 1.83. The second-order valence-electron chi connectivity index (χ2n) is 7.28. The Morgan fingerprint density at radius 2 is 2.14 bits per heavy atom. The van der Waals surface area contributed by atoms with Gasteiger partial charge in [0.25, 0.3) is 0 Å². The summed E-state index contributed by atoms with van der Waals surface area (Å²) in [5, 5.41) is 19.3. The number of aliphatic hydroxyl groups is 1. The predicted molar refractivity (Wildman–Crippen MR) is 86.0 cm³/mol. The Labute approximate surface area is 133 Å². The van der Waals surface area contributed by atoms with Gasteiger partial charge in [0.05, 0.1) is 6.07 Å². The Morgan fingerprint density at radius 1 is 1.45 bits per heavy atom. The minimum absolute atomic E-state index is 0.181. The van der Waals surface area contributed by atoms with Crippen LogP contribution in [-0.2, 0) is 7.05 Å². The van der Waals surface area contributed by atoms with Crippen LogP contribution < -0.4 is 0 Å². The number of aliphatic hydroxyl groups excluding tert-OH is 1. The molecular weight excluding hydrogens is 276 g/mol. The van der Waals surface area contributed by atoms with Gasteiger partial charge in [-0.05, 0) is 43.7 Å². The molecule has 0 spiro atoms. The van der Waals surface area contributed by atoms with Gasteiger partial charge in [0.1, 0.15) is 11.9 Å². The van der Waals surface area contributed by atoms with Gasteiger partial charge in [0.15, 0.2) is 0 Å². The molecular formula is C17H28N4O. The number of piperidine rings is 1. The summed E-state index contributed by atoms with van der Waals surface area (Å²) < 4.78 is 1.90. The van der Waals surface area contributed by atoms with E-state index in [0.717, 1.165) is 44.7 Å². The van der Waals surface area contributed by atoms with Gasteiger partial charge < -0.3 is 14.6 Å². The molecule has 1 saturated heterocycles. The summed E-state index contributed by atoms with van der Waals surface area (Å²) in [6, 6.07) is 2.24. The summed E-state index contributed by atoms with van der Waals surface area (Å²) in [6.07, 6.45) is 6.73. The average Bonchev–Trinajstić information content (AvgIpc) is 2.91. The molecule has 2 rings (SSSR count). The van der Waals surface area contributed by atoms with Gasteiger partial charge in [-0.1, -0.05) is 13.8 Å². The van der Waals surface area contributed by atoms with Crippen LogP contribution >= 0.6 is 0 Å². The summed E-state index contributed by atoms with van der Waals surface area (Å²) in [4.78, 5) is 6.74. The lowest BCUT2D eigenvalue weighted by molar-refractivity contribution is 0.0401. The lowest BCUT2D eigenvalue weighted by atomic mass is 9.85. The molecule has 1 aliphatic rings. The lowest BCUT2D eigenvalue weighted by Gasteiger charge is -2.38. The van der Waals surface area contributed by atoms with Crippen molar-refractivity contribution in [2.45, 2.75) is 45.6 Å². The van der Waals surface area contributed by atoms with Gasteiger partial charge in [0.2, 0.25) is 0 Å². The highest BCUT2D eigenvalue weighted by molar-refractivity contribution is 4.98. The van der Waals surface area contributed by atoms with Crippen LogP contribution in [-0.4, -0.2) is 39.2 Å². The fraction of sp³-hybridized carbons (Fsp3) is 0.765. The highest BCUT2D eigenvalue weighted by Gasteiger charge is 2.30. The fourth-order valence-corrected chi connectivity index (χ4v) is 3.38. The molecule has 0 radical (unpaired) electrons. The second kappa shape index (κ2) is 7.26. The van der Waals surface area contributed by atoms with Crippen LogP contribution in [0, 0.1) is 22.7 Å². The third-order valence-electron chi connectivity index (χ3n) is 4.77. The standard InChI is InChI=1S/C17H28N4O/c1-17(2,7-4-8-18)13-21-10-5-14(6-11-21)15(22)16-19-9-12-20(16)3/h9,12,14-15,22H,4-7,10-11,13H2,1-3H3. The minimum atomic E-state index is -0.464. The monoisotopic (exact) mass is 304 g/mol. The van der Waals surface area contributed by atoms with E-state index in [2.05, 4.69) is 29.8 Å². The van der Waals surface area contributed by atoms with Crippen molar-refractivity contribution in [2.24, 2.45) is 18.4 Å². The average molecular weight is 304 g/mol. The Morgan fingerprint density at radius 3 is 2.68 bits per heavy atom. The first-order valence-electron chi connectivity index (χ1n) is 8.17. The number of aryl methyl sites for hydroxylation is 1. The van der Waals surface area contributed by atoms with Crippen LogP contribution in [0.4, 0.5) is 0 Å². The molecule has 0 aliphatic carbocycles. The van der Waals surface area contributed by atoms with E-state index in [1.54, 1.807) is 6.20 Å². The van der Waals surface area contributed by atoms with Gasteiger partial charge in [-0.15, -0.1) is 0 Å². The quantitative estimate of drug-likeness (QED) is 0.877. The first-order chi connectivity index (χ1) is 10.4. The summed E-state index contributed by atoms with van der Waals surface area (Å²) in [6.45, 7) is 7.53. The molecule has 5 nitrogen and oxygen atoms in total. The Hall–Kier alpha value is -1.38. The van der Waals surface area contributed by atoms with Crippen LogP contribution in [0.5, 0.6) is 0 Å². The summed E-state index contributed by atoms with van der Waals surface area (Å²) >= 11 is 0. The van der Waals surface area contributed by atoms with Crippen molar-refractivity contribution >= 4 is 0 Å². The SMILES string of the molecule is Cn1ccnc1C(O)C1CCN(CC(C)(C)CCC#N)CC1. The summed E-state index contributed by atoms with van der Waals surface area (Å²) in [5.41, 5.74) is 0.181. The summed E-state index contributed by atoms with van der Waals surface area (Å²) in [7, 11) is 1.93. The van der Waals surface area contributed by atoms with Crippen LogP contribution in [0.2, 0.25) is 0 Å². The van der Waals surface area contributed by atoms with Gasteiger partial charge in [-0.25, -0.2) is 4.98 Å². The van der Waals surface area contributed by atoms with Crippen LogP contribution in [0.3, 0.4) is 0 Å². The van der Waals surface area contributed by atoms with Crippen molar-refractivity contribution < 1.29 is 5.11 Å². The predicted octanol–water partition coefficient (Wildman–Crippen LogP) is 2.50. The zero-order chi connectivity index (χ0) is 16.2. The van der Waals surface area contributed by atoms with Crippen LogP contribution in [0.1, 0.15) is 51.5 Å². The van der Waals surface area contributed by atoms with Gasteiger partial charge >= 0.3 is 0 Å². The molecule has 0 bridgehead atoms. The van der Waals surface area contributed by atoms with Crippen molar-refractivity contribution in [3.05, 3.63) is 18.2 Å². The van der Waals surface area contributed by atoms with E-state index in [-0.39, 0.29) is 5.41 Å². The topological polar surface area (TPSA) is 65.1 Å². The number of hydrogen-bond donors (Lipinski definition) is 1. The van der Waals surface area contributed by atoms with Crippen LogP contribution in [0.25, 0.3) is 0 Å². The Kier molecular flexibility index (Phi) is 5.60. The molecule has 0 saturated carbocycles. The smallest absolute Gasteiger partial charge is 0.137 e. The number of aromatic nitrogens is 2. The van der Waals surface area contributed by atoms with E-state index in [1.165, 1.54) is 0 Å². The number of rotatable bonds is 6. The second-order valence-corrected chi connectivity index (χ2v) is 7.28. The molecule has 0 amide bonds. The molecule has 1 aromatic rings. The largest absolute Gasteiger partial charge is 0.385 e.